The van der Waals surface area contributed by atoms with Crippen LogP contribution in [0.3, 0.4) is 0 Å². The van der Waals surface area contributed by atoms with E-state index in [2.05, 4.69) is 0 Å². The van der Waals surface area contributed by atoms with Gasteiger partial charge in [-0.1, -0.05) is 17.8 Å². The van der Waals surface area contributed by atoms with Crippen LogP contribution in [0, 0.1) is 0 Å². The van der Waals surface area contributed by atoms with E-state index in [9.17, 15) is 9.59 Å². The van der Waals surface area contributed by atoms with Crippen molar-refractivity contribution in [3.05, 3.63) is 53.6 Å². The fourth-order valence-electron chi connectivity index (χ4n) is 2.11. The maximum atomic E-state index is 12.1. The van der Waals surface area contributed by atoms with Crippen molar-refractivity contribution in [1.29, 1.82) is 0 Å². The fraction of sp³-hybridized carbons (Fsp3) is 0.222. The van der Waals surface area contributed by atoms with Crippen LogP contribution in [0.5, 0.6) is 5.75 Å². The molecule has 0 aliphatic rings. The van der Waals surface area contributed by atoms with Gasteiger partial charge in [0.25, 0.3) is 0 Å². The predicted molar refractivity (Wildman–Crippen MR) is 90.9 cm³/mol. The zero-order chi connectivity index (χ0) is 17.5. The molecule has 126 valence electrons. The first-order valence-corrected chi connectivity index (χ1v) is 8.19. The summed E-state index contributed by atoms with van der Waals surface area (Å²) in [5.41, 5.74) is 0.734. The average molecular weight is 346 g/mol. The monoisotopic (exact) mass is 346 g/mol. The number of ether oxygens (including phenoxy) is 2. The van der Waals surface area contributed by atoms with Gasteiger partial charge in [-0.15, -0.1) is 0 Å². The molecule has 0 spiro atoms. The third-order valence-corrected chi connectivity index (χ3v) is 4.21. The Balaban J connectivity index is 2.28. The van der Waals surface area contributed by atoms with Crippen LogP contribution in [0.4, 0.5) is 0 Å². The third kappa shape index (κ3) is 4.76. The zero-order valence-electron chi connectivity index (χ0n) is 13.4. The standard InChI is InChI=1S/C18H18O5S/c1-3-23-18(21)16-11-15(7-4-12(16)10-17(19)20)24-14-8-5-13(22-2)6-9-14/h4-9,11H,3,10H2,1-2H3,(H,19,20). The lowest BCUT2D eigenvalue weighted by molar-refractivity contribution is -0.136. The van der Waals surface area contributed by atoms with Crippen LogP contribution >= 0.6 is 11.8 Å². The molecule has 0 heterocycles. The van der Waals surface area contributed by atoms with E-state index < -0.39 is 11.9 Å². The SMILES string of the molecule is CCOC(=O)c1cc(Sc2ccc(OC)cc2)ccc1CC(=O)O. The maximum Gasteiger partial charge on any atom is 0.338 e. The first-order chi connectivity index (χ1) is 11.5. The van der Waals surface area contributed by atoms with Crippen LogP contribution in [-0.2, 0) is 16.0 Å². The number of hydrogen-bond acceptors (Lipinski definition) is 5. The smallest absolute Gasteiger partial charge is 0.338 e. The van der Waals surface area contributed by atoms with E-state index in [0.717, 1.165) is 15.5 Å². The molecule has 5 nitrogen and oxygen atoms in total. The molecular formula is C18H18O5S. The summed E-state index contributed by atoms with van der Waals surface area (Å²) in [6, 6.07) is 12.7. The molecule has 24 heavy (non-hydrogen) atoms. The second kappa shape index (κ2) is 8.40. The fourth-order valence-corrected chi connectivity index (χ4v) is 2.97. The molecule has 2 rings (SSSR count). The topological polar surface area (TPSA) is 72.8 Å². The number of carboxylic acid groups (broad SMARTS) is 1. The van der Waals surface area contributed by atoms with Gasteiger partial charge in [0, 0.05) is 9.79 Å². The zero-order valence-corrected chi connectivity index (χ0v) is 14.3. The second-order valence-corrected chi connectivity index (χ2v) is 6.03. The van der Waals surface area contributed by atoms with Gasteiger partial charge in [0.2, 0.25) is 0 Å². The number of esters is 1. The highest BCUT2D eigenvalue weighted by Crippen LogP contribution is 2.30. The summed E-state index contributed by atoms with van der Waals surface area (Å²) in [6.07, 6.45) is -0.221. The number of aliphatic carboxylic acids is 1. The highest BCUT2D eigenvalue weighted by molar-refractivity contribution is 7.99. The van der Waals surface area contributed by atoms with Crippen LogP contribution in [-0.4, -0.2) is 30.8 Å². The van der Waals surface area contributed by atoms with Crippen molar-refractivity contribution in [1.82, 2.24) is 0 Å². The summed E-state index contributed by atoms with van der Waals surface area (Å²) < 4.78 is 10.2. The minimum Gasteiger partial charge on any atom is -0.497 e. The van der Waals surface area contributed by atoms with Crippen LogP contribution in [0.1, 0.15) is 22.8 Å². The van der Waals surface area contributed by atoms with E-state index in [1.54, 1.807) is 32.2 Å². The summed E-state index contributed by atoms with van der Waals surface area (Å²) in [5, 5.41) is 8.99. The Morgan fingerprint density at radius 2 is 1.75 bits per heavy atom. The predicted octanol–water partition coefficient (Wildman–Crippen LogP) is 3.65. The molecule has 1 N–H and O–H groups in total. The van der Waals surface area contributed by atoms with Gasteiger partial charge in [0.15, 0.2) is 0 Å². The first kappa shape index (κ1) is 17.9. The molecule has 0 bridgehead atoms. The van der Waals surface area contributed by atoms with Crippen LogP contribution in [0.15, 0.2) is 52.3 Å². The quantitative estimate of drug-likeness (QED) is 0.772. The number of carboxylic acids is 1. The molecule has 6 heteroatoms. The summed E-state index contributed by atoms with van der Waals surface area (Å²) in [7, 11) is 1.61. The number of rotatable bonds is 7. The lowest BCUT2D eigenvalue weighted by Crippen LogP contribution is -2.11. The Morgan fingerprint density at radius 3 is 2.33 bits per heavy atom. The molecule has 2 aromatic rings. The first-order valence-electron chi connectivity index (χ1n) is 7.37. The van der Waals surface area contributed by atoms with E-state index in [4.69, 9.17) is 14.6 Å². The summed E-state index contributed by atoms with van der Waals surface area (Å²) in [5.74, 6) is -0.731. The third-order valence-electron chi connectivity index (χ3n) is 3.21. The maximum absolute atomic E-state index is 12.1. The lowest BCUT2D eigenvalue weighted by Gasteiger charge is -2.10. The summed E-state index contributed by atoms with van der Waals surface area (Å²) >= 11 is 1.47. The molecule has 0 aromatic heterocycles. The van der Waals surface area contributed by atoms with Crippen molar-refractivity contribution in [3.63, 3.8) is 0 Å². The Bertz CT molecular complexity index is 725. The molecular weight excluding hydrogens is 328 g/mol. The molecule has 0 aliphatic heterocycles. The van der Waals surface area contributed by atoms with Crippen molar-refractivity contribution in [2.24, 2.45) is 0 Å². The van der Waals surface area contributed by atoms with Gasteiger partial charge in [-0.25, -0.2) is 4.79 Å². The Morgan fingerprint density at radius 1 is 1.08 bits per heavy atom. The number of carbonyl (C=O) groups excluding carboxylic acids is 1. The van der Waals surface area contributed by atoms with Gasteiger partial charge in [0.1, 0.15) is 5.75 Å². The Labute approximate surface area is 144 Å². The molecule has 0 radical (unpaired) electrons. The molecule has 0 fully saturated rings. The Kier molecular flexibility index (Phi) is 6.26. The van der Waals surface area contributed by atoms with E-state index in [1.807, 2.05) is 24.3 Å². The summed E-state index contributed by atoms with van der Waals surface area (Å²) in [6.45, 7) is 1.95. The van der Waals surface area contributed by atoms with Gasteiger partial charge in [-0.05, 0) is 48.9 Å². The number of hydrogen-bond donors (Lipinski definition) is 1. The molecule has 0 amide bonds. The average Bonchev–Trinajstić information content (AvgIpc) is 2.56. The van der Waals surface area contributed by atoms with Crippen LogP contribution in [0.25, 0.3) is 0 Å². The van der Waals surface area contributed by atoms with Crippen molar-refractivity contribution in [2.45, 2.75) is 23.1 Å². The van der Waals surface area contributed by atoms with Crippen LogP contribution < -0.4 is 4.74 Å². The van der Waals surface area contributed by atoms with Crippen molar-refractivity contribution in [3.8, 4) is 5.75 Å². The van der Waals surface area contributed by atoms with Crippen LogP contribution in [0.2, 0.25) is 0 Å². The molecule has 0 atom stereocenters. The number of methoxy groups -OCH3 is 1. The highest BCUT2D eigenvalue weighted by Gasteiger charge is 2.16. The molecule has 0 saturated carbocycles. The largest absolute Gasteiger partial charge is 0.497 e. The highest BCUT2D eigenvalue weighted by atomic mass is 32.2. The van der Waals surface area contributed by atoms with Gasteiger partial charge < -0.3 is 14.6 Å². The number of carbonyl (C=O) groups is 2. The molecule has 2 aromatic carbocycles. The molecule has 0 unspecified atom stereocenters. The van der Waals surface area contributed by atoms with Crippen molar-refractivity contribution in [2.75, 3.05) is 13.7 Å². The Hall–Kier alpha value is -2.47. The van der Waals surface area contributed by atoms with Gasteiger partial charge in [-0.3, -0.25) is 4.79 Å². The van der Waals surface area contributed by atoms with E-state index in [-0.39, 0.29) is 18.6 Å². The van der Waals surface area contributed by atoms with Gasteiger partial charge in [-0.2, -0.15) is 0 Å². The molecule has 0 saturated heterocycles. The van der Waals surface area contributed by atoms with Crippen molar-refractivity contribution >= 4 is 23.7 Å². The second-order valence-electron chi connectivity index (χ2n) is 4.89. The van der Waals surface area contributed by atoms with E-state index >= 15 is 0 Å². The minimum atomic E-state index is -0.990. The number of benzene rings is 2. The summed E-state index contributed by atoms with van der Waals surface area (Å²) in [4.78, 5) is 24.9. The molecule has 0 aliphatic carbocycles. The van der Waals surface area contributed by atoms with Gasteiger partial charge in [0.05, 0.1) is 25.7 Å². The van der Waals surface area contributed by atoms with Crippen molar-refractivity contribution < 1.29 is 24.2 Å². The minimum absolute atomic E-state index is 0.221. The van der Waals surface area contributed by atoms with E-state index in [0.29, 0.717) is 5.56 Å². The van der Waals surface area contributed by atoms with E-state index in [1.165, 1.54) is 11.8 Å². The normalized spacial score (nSPS) is 10.2. The van der Waals surface area contributed by atoms with Gasteiger partial charge >= 0.3 is 11.9 Å². The lowest BCUT2D eigenvalue weighted by atomic mass is 10.0.